The molecule has 0 aliphatic rings. The molecule has 3 aromatic carbocycles. The summed E-state index contributed by atoms with van der Waals surface area (Å²) in [6, 6.07) is 27.7. The molecule has 0 saturated heterocycles. The first-order valence-electron chi connectivity index (χ1n) is 10.1. The molecule has 2 N–H and O–H groups in total. The topological polar surface area (TPSA) is 57.8 Å². The van der Waals surface area contributed by atoms with Gasteiger partial charge in [0.2, 0.25) is 5.91 Å². The average molecular weight is 416 g/mol. The van der Waals surface area contributed by atoms with E-state index >= 15 is 0 Å². The summed E-state index contributed by atoms with van der Waals surface area (Å²) in [7, 11) is 0. The molecule has 0 aliphatic heterocycles. The highest BCUT2D eigenvalue weighted by molar-refractivity contribution is 7.98. The Bertz CT molecular complexity index is 1020. The van der Waals surface area contributed by atoms with E-state index in [1.165, 1.54) is 0 Å². The van der Waals surface area contributed by atoms with Crippen LogP contribution in [-0.2, 0) is 4.79 Å². The van der Waals surface area contributed by atoms with Crippen LogP contribution in [0.4, 0.5) is 0 Å². The van der Waals surface area contributed by atoms with Gasteiger partial charge in [-0.2, -0.15) is 11.8 Å². The minimum Gasteiger partial charge on any atom is -0.345 e. The Morgan fingerprint density at radius 3 is 2.13 bits per heavy atom. The first kappa shape index (κ1) is 20.2. The number of nitrogens with one attached hydrogen (secondary N) is 2. The number of carbonyl (C=O) groups excluding carboxylic acids is 1. The monoisotopic (exact) mass is 415 g/mol. The molecular weight excluding hydrogens is 390 g/mol. The van der Waals surface area contributed by atoms with Crippen LogP contribution >= 0.6 is 11.8 Å². The SMILES string of the molecule is CSCC[C@H](NC(=O)C(c1ccccc1)c1ccccc1)c1nc2ccccc2[nH]1. The molecule has 30 heavy (non-hydrogen) atoms. The highest BCUT2D eigenvalue weighted by atomic mass is 32.2. The molecule has 4 rings (SSSR count). The predicted molar refractivity (Wildman–Crippen MR) is 125 cm³/mol. The maximum atomic E-state index is 13.5. The normalized spacial score (nSPS) is 12.2. The van der Waals surface area contributed by atoms with Crippen LogP contribution in [0, 0.1) is 0 Å². The second-order valence-corrected chi connectivity index (χ2v) is 8.22. The Hall–Kier alpha value is -3.05. The minimum absolute atomic E-state index is 0.0149. The van der Waals surface area contributed by atoms with Crippen LogP contribution in [0.1, 0.15) is 35.3 Å². The van der Waals surface area contributed by atoms with Gasteiger partial charge in [-0.25, -0.2) is 4.98 Å². The molecule has 0 aliphatic carbocycles. The standard InChI is InChI=1S/C25H25N3OS/c1-30-17-16-22(24-26-20-14-8-9-15-21(20)27-24)28-25(29)23(18-10-4-2-5-11-18)19-12-6-3-7-13-19/h2-15,22-23H,16-17H2,1H3,(H,26,27)(H,28,29)/t22-/m0/s1. The number of thioether (sulfide) groups is 1. The van der Waals surface area contributed by atoms with Gasteiger partial charge in [0.1, 0.15) is 5.82 Å². The van der Waals surface area contributed by atoms with Crippen molar-refractivity contribution in [3.05, 3.63) is 102 Å². The van der Waals surface area contributed by atoms with Gasteiger partial charge in [-0.05, 0) is 41.7 Å². The third kappa shape index (κ3) is 4.57. The van der Waals surface area contributed by atoms with Gasteiger partial charge in [0.25, 0.3) is 0 Å². The lowest BCUT2D eigenvalue weighted by Gasteiger charge is -2.22. The van der Waals surface area contributed by atoms with Gasteiger partial charge in [0.05, 0.1) is 23.0 Å². The zero-order valence-corrected chi connectivity index (χ0v) is 17.7. The van der Waals surface area contributed by atoms with Crippen molar-refractivity contribution in [2.24, 2.45) is 0 Å². The second kappa shape index (κ2) is 9.63. The molecule has 0 fully saturated rings. The summed E-state index contributed by atoms with van der Waals surface area (Å²) < 4.78 is 0. The summed E-state index contributed by atoms with van der Waals surface area (Å²) in [6.07, 6.45) is 2.89. The molecule has 1 aromatic heterocycles. The van der Waals surface area contributed by atoms with Crippen molar-refractivity contribution in [3.63, 3.8) is 0 Å². The molecule has 1 heterocycles. The van der Waals surface area contributed by atoms with Gasteiger partial charge < -0.3 is 10.3 Å². The van der Waals surface area contributed by atoms with E-state index in [4.69, 9.17) is 4.98 Å². The molecular formula is C25H25N3OS. The average Bonchev–Trinajstić information content (AvgIpc) is 3.22. The number of para-hydroxylation sites is 2. The number of fused-ring (bicyclic) bond motifs is 1. The number of hydrogen-bond donors (Lipinski definition) is 2. The summed E-state index contributed by atoms with van der Waals surface area (Å²) in [6.45, 7) is 0. The number of amides is 1. The van der Waals surface area contributed by atoms with E-state index < -0.39 is 0 Å². The summed E-state index contributed by atoms with van der Waals surface area (Å²) in [4.78, 5) is 21.7. The number of carbonyl (C=O) groups is 1. The van der Waals surface area contributed by atoms with Crippen LogP contribution in [-0.4, -0.2) is 27.9 Å². The largest absolute Gasteiger partial charge is 0.345 e. The molecule has 152 valence electrons. The van der Waals surface area contributed by atoms with Gasteiger partial charge >= 0.3 is 0 Å². The van der Waals surface area contributed by atoms with Crippen LogP contribution in [0.15, 0.2) is 84.9 Å². The molecule has 1 amide bonds. The number of H-pyrrole nitrogens is 1. The maximum Gasteiger partial charge on any atom is 0.232 e. The van der Waals surface area contributed by atoms with E-state index in [0.717, 1.165) is 40.2 Å². The molecule has 0 bridgehead atoms. The summed E-state index contributed by atoms with van der Waals surface area (Å²) in [5, 5.41) is 3.28. The van der Waals surface area contributed by atoms with Crippen molar-refractivity contribution in [2.45, 2.75) is 18.4 Å². The van der Waals surface area contributed by atoms with Crippen molar-refractivity contribution >= 4 is 28.7 Å². The van der Waals surface area contributed by atoms with Crippen LogP contribution in [0.2, 0.25) is 0 Å². The molecule has 0 unspecified atom stereocenters. The summed E-state index contributed by atoms with van der Waals surface area (Å²) in [5.41, 5.74) is 3.86. The zero-order valence-electron chi connectivity index (χ0n) is 16.9. The number of benzene rings is 3. The van der Waals surface area contributed by atoms with Gasteiger partial charge in [-0.1, -0.05) is 72.8 Å². The first-order valence-corrected chi connectivity index (χ1v) is 11.5. The summed E-state index contributed by atoms with van der Waals surface area (Å²) >= 11 is 1.77. The number of rotatable bonds is 8. The highest BCUT2D eigenvalue weighted by Crippen LogP contribution is 2.27. The van der Waals surface area contributed by atoms with Crippen LogP contribution in [0.5, 0.6) is 0 Å². The van der Waals surface area contributed by atoms with Gasteiger partial charge in [-0.3, -0.25) is 4.79 Å². The zero-order chi connectivity index (χ0) is 20.8. The molecule has 5 heteroatoms. The fraction of sp³-hybridized carbons (Fsp3) is 0.200. The lowest BCUT2D eigenvalue weighted by atomic mass is 9.90. The Balaban J connectivity index is 1.65. The van der Waals surface area contributed by atoms with Crippen LogP contribution < -0.4 is 5.32 Å². The second-order valence-electron chi connectivity index (χ2n) is 7.24. The van der Waals surface area contributed by atoms with E-state index in [1.54, 1.807) is 11.8 Å². The summed E-state index contributed by atoms with van der Waals surface area (Å²) in [5.74, 6) is 1.36. The van der Waals surface area contributed by atoms with Gasteiger partial charge in [0, 0.05) is 0 Å². The van der Waals surface area contributed by atoms with Gasteiger partial charge in [0.15, 0.2) is 0 Å². The van der Waals surface area contributed by atoms with Crippen molar-refractivity contribution in [1.82, 2.24) is 15.3 Å². The third-order valence-corrected chi connectivity index (χ3v) is 5.84. The van der Waals surface area contributed by atoms with Gasteiger partial charge in [-0.15, -0.1) is 0 Å². The Morgan fingerprint density at radius 2 is 1.53 bits per heavy atom. The quantitative estimate of drug-likeness (QED) is 0.410. The fourth-order valence-corrected chi connectivity index (χ4v) is 4.16. The highest BCUT2D eigenvalue weighted by Gasteiger charge is 2.26. The maximum absolute atomic E-state index is 13.5. The number of imidazole rings is 1. The minimum atomic E-state index is -0.367. The van der Waals surface area contributed by atoms with E-state index in [1.807, 2.05) is 84.9 Å². The molecule has 4 aromatic rings. The van der Waals surface area contributed by atoms with E-state index in [-0.39, 0.29) is 17.9 Å². The molecule has 0 saturated carbocycles. The van der Waals surface area contributed by atoms with Crippen molar-refractivity contribution in [2.75, 3.05) is 12.0 Å². The Labute approximate surface area is 181 Å². The van der Waals surface area contributed by atoms with E-state index in [9.17, 15) is 4.79 Å². The Morgan fingerprint density at radius 1 is 0.933 bits per heavy atom. The number of hydrogen-bond acceptors (Lipinski definition) is 3. The first-order chi connectivity index (χ1) is 14.8. The molecule has 4 nitrogen and oxygen atoms in total. The Kier molecular flexibility index (Phi) is 6.50. The molecule has 1 atom stereocenters. The number of aromatic nitrogens is 2. The molecule has 0 spiro atoms. The fourth-order valence-electron chi connectivity index (χ4n) is 3.69. The van der Waals surface area contributed by atoms with Crippen LogP contribution in [0.3, 0.4) is 0 Å². The smallest absolute Gasteiger partial charge is 0.232 e. The van der Waals surface area contributed by atoms with Crippen molar-refractivity contribution in [1.29, 1.82) is 0 Å². The van der Waals surface area contributed by atoms with Crippen molar-refractivity contribution < 1.29 is 4.79 Å². The lowest BCUT2D eigenvalue weighted by molar-refractivity contribution is -0.122. The van der Waals surface area contributed by atoms with Crippen LogP contribution in [0.25, 0.3) is 11.0 Å². The number of nitrogens with zero attached hydrogens (tertiary/aromatic N) is 1. The van der Waals surface area contributed by atoms with E-state index in [0.29, 0.717) is 0 Å². The third-order valence-electron chi connectivity index (χ3n) is 5.19. The van der Waals surface area contributed by atoms with E-state index in [2.05, 4.69) is 16.6 Å². The number of aromatic amines is 1. The predicted octanol–water partition coefficient (Wildman–Crippen LogP) is 5.31. The van der Waals surface area contributed by atoms with Crippen molar-refractivity contribution in [3.8, 4) is 0 Å². The molecule has 0 radical (unpaired) electrons. The lowest BCUT2D eigenvalue weighted by Crippen LogP contribution is -2.34.